The minimum absolute atomic E-state index is 0.150. The van der Waals surface area contributed by atoms with Crippen LogP contribution >= 0.6 is 0 Å². The summed E-state index contributed by atoms with van der Waals surface area (Å²) in [5, 5.41) is 3.22. The van der Waals surface area contributed by atoms with E-state index in [0.717, 1.165) is 39.0 Å². The van der Waals surface area contributed by atoms with Crippen LogP contribution in [-0.2, 0) is 4.74 Å². The summed E-state index contributed by atoms with van der Waals surface area (Å²) in [6.07, 6.45) is 1.82. The summed E-state index contributed by atoms with van der Waals surface area (Å²) >= 11 is 0. The number of carbonyl (C=O) groups excluding carboxylic acids is 1. The number of hydrogen-bond acceptors (Lipinski definition) is 3. The molecule has 4 heteroatoms. The Morgan fingerprint density at radius 3 is 3.15 bits per heavy atom. The monoisotopic (exact) mass is 186 g/mol. The van der Waals surface area contributed by atoms with Crippen molar-refractivity contribution in [3.8, 4) is 0 Å². The summed E-state index contributed by atoms with van der Waals surface area (Å²) in [7, 11) is 0. The predicted octanol–water partition coefficient (Wildman–Crippen LogP) is 0.828. The van der Waals surface area contributed by atoms with E-state index in [9.17, 15) is 4.79 Å². The third-order valence-corrected chi connectivity index (χ3v) is 2.09. The maximum Gasteiger partial charge on any atom is 0.409 e. The third-order valence-electron chi connectivity index (χ3n) is 2.09. The molecular weight excluding hydrogens is 168 g/mol. The molecule has 1 amide bonds. The molecule has 1 saturated heterocycles. The maximum atomic E-state index is 11.1. The summed E-state index contributed by atoms with van der Waals surface area (Å²) in [5.41, 5.74) is 0. The summed E-state index contributed by atoms with van der Waals surface area (Å²) in [5.74, 6) is 0. The minimum atomic E-state index is -0.150. The number of carbonyl (C=O) groups is 1. The molecule has 0 aromatic heterocycles. The molecule has 0 aliphatic carbocycles. The molecule has 0 spiro atoms. The number of ether oxygens (including phenoxy) is 1. The number of nitrogens with one attached hydrogen (secondary N) is 1. The Morgan fingerprint density at radius 1 is 1.62 bits per heavy atom. The first kappa shape index (κ1) is 10.3. The summed E-state index contributed by atoms with van der Waals surface area (Å²) in [4.78, 5) is 12.9. The zero-order valence-electron chi connectivity index (χ0n) is 8.21. The highest BCUT2D eigenvalue weighted by Crippen LogP contribution is 2.04. The van der Waals surface area contributed by atoms with E-state index in [4.69, 9.17) is 4.74 Å². The SMILES string of the molecule is CCNCCCN1CCCOC1=O. The van der Waals surface area contributed by atoms with Crippen LogP contribution in [0.1, 0.15) is 19.8 Å². The van der Waals surface area contributed by atoms with Crippen LogP contribution in [0.25, 0.3) is 0 Å². The second-order valence-electron chi connectivity index (χ2n) is 3.16. The Balaban J connectivity index is 2.08. The molecule has 1 N–H and O–H groups in total. The molecule has 0 unspecified atom stereocenters. The first-order chi connectivity index (χ1) is 6.34. The van der Waals surface area contributed by atoms with Gasteiger partial charge in [-0.05, 0) is 25.9 Å². The van der Waals surface area contributed by atoms with Crippen molar-refractivity contribution in [1.82, 2.24) is 10.2 Å². The van der Waals surface area contributed by atoms with Gasteiger partial charge in [0.2, 0.25) is 0 Å². The van der Waals surface area contributed by atoms with Gasteiger partial charge in [0.15, 0.2) is 0 Å². The number of rotatable bonds is 5. The second-order valence-corrected chi connectivity index (χ2v) is 3.16. The van der Waals surface area contributed by atoms with E-state index in [1.165, 1.54) is 0 Å². The first-order valence-corrected chi connectivity index (χ1v) is 4.97. The Hall–Kier alpha value is -0.770. The van der Waals surface area contributed by atoms with E-state index in [1.807, 2.05) is 0 Å². The lowest BCUT2D eigenvalue weighted by Gasteiger charge is -2.26. The second kappa shape index (κ2) is 5.80. The van der Waals surface area contributed by atoms with E-state index < -0.39 is 0 Å². The summed E-state index contributed by atoms with van der Waals surface area (Å²) < 4.78 is 4.91. The van der Waals surface area contributed by atoms with Crippen LogP contribution in [0.2, 0.25) is 0 Å². The Labute approximate surface area is 79.2 Å². The molecule has 76 valence electrons. The fourth-order valence-corrected chi connectivity index (χ4v) is 1.37. The normalized spacial score (nSPS) is 17.3. The molecule has 1 fully saturated rings. The van der Waals surface area contributed by atoms with Crippen molar-refractivity contribution in [3.05, 3.63) is 0 Å². The number of hydrogen-bond donors (Lipinski definition) is 1. The lowest BCUT2D eigenvalue weighted by Crippen LogP contribution is -2.39. The van der Waals surface area contributed by atoms with Crippen LogP contribution in [0.3, 0.4) is 0 Å². The standard InChI is InChI=1S/C9H18N2O2/c1-2-10-5-3-6-11-7-4-8-13-9(11)12/h10H,2-8H2,1H3. The van der Waals surface area contributed by atoms with E-state index in [1.54, 1.807) is 4.90 Å². The molecule has 0 saturated carbocycles. The number of amides is 1. The predicted molar refractivity (Wildman–Crippen MR) is 50.7 cm³/mol. The van der Waals surface area contributed by atoms with Gasteiger partial charge in [0, 0.05) is 13.1 Å². The third kappa shape index (κ3) is 3.63. The van der Waals surface area contributed by atoms with Crippen molar-refractivity contribution in [2.24, 2.45) is 0 Å². The van der Waals surface area contributed by atoms with Gasteiger partial charge in [0.05, 0.1) is 6.61 Å². The molecule has 0 radical (unpaired) electrons. The quantitative estimate of drug-likeness (QED) is 0.646. The van der Waals surface area contributed by atoms with Crippen LogP contribution in [-0.4, -0.2) is 43.8 Å². The topological polar surface area (TPSA) is 41.6 Å². The number of cyclic esters (lactones) is 1. The smallest absolute Gasteiger partial charge is 0.409 e. The zero-order valence-corrected chi connectivity index (χ0v) is 8.21. The Morgan fingerprint density at radius 2 is 2.46 bits per heavy atom. The average Bonchev–Trinajstić information content (AvgIpc) is 2.15. The molecule has 13 heavy (non-hydrogen) atoms. The van der Waals surface area contributed by atoms with Crippen molar-refractivity contribution >= 4 is 6.09 Å². The van der Waals surface area contributed by atoms with Gasteiger partial charge in [0.25, 0.3) is 0 Å². The lowest BCUT2D eigenvalue weighted by atomic mass is 10.3. The largest absolute Gasteiger partial charge is 0.449 e. The van der Waals surface area contributed by atoms with Gasteiger partial charge < -0.3 is 15.0 Å². The van der Waals surface area contributed by atoms with Crippen LogP contribution in [0.15, 0.2) is 0 Å². The van der Waals surface area contributed by atoms with Crippen LogP contribution in [0.4, 0.5) is 4.79 Å². The highest BCUT2D eigenvalue weighted by Gasteiger charge is 2.18. The maximum absolute atomic E-state index is 11.1. The minimum Gasteiger partial charge on any atom is -0.449 e. The van der Waals surface area contributed by atoms with Gasteiger partial charge in [-0.25, -0.2) is 4.79 Å². The van der Waals surface area contributed by atoms with Crippen molar-refractivity contribution in [1.29, 1.82) is 0 Å². The van der Waals surface area contributed by atoms with Gasteiger partial charge in [-0.3, -0.25) is 0 Å². The molecule has 4 nitrogen and oxygen atoms in total. The first-order valence-electron chi connectivity index (χ1n) is 4.97. The van der Waals surface area contributed by atoms with E-state index in [-0.39, 0.29) is 6.09 Å². The molecule has 0 aromatic rings. The Kier molecular flexibility index (Phi) is 4.60. The Bertz CT molecular complexity index is 162. The number of nitrogens with zero attached hydrogens (tertiary/aromatic N) is 1. The van der Waals surface area contributed by atoms with Crippen LogP contribution in [0.5, 0.6) is 0 Å². The molecule has 0 bridgehead atoms. The molecule has 1 aliphatic heterocycles. The summed E-state index contributed by atoms with van der Waals surface area (Å²) in [6, 6.07) is 0. The van der Waals surface area contributed by atoms with Gasteiger partial charge in [-0.2, -0.15) is 0 Å². The lowest BCUT2D eigenvalue weighted by molar-refractivity contribution is 0.0726. The molecule has 0 aromatic carbocycles. The highest BCUT2D eigenvalue weighted by molar-refractivity contribution is 5.68. The van der Waals surface area contributed by atoms with E-state index >= 15 is 0 Å². The van der Waals surface area contributed by atoms with Crippen molar-refractivity contribution < 1.29 is 9.53 Å². The van der Waals surface area contributed by atoms with Crippen molar-refractivity contribution in [3.63, 3.8) is 0 Å². The molecule has 0 atom stereocenters. The highest BCUT2D eigenvalue weighted by atomic mass is 16.6. The zero-order chi connectivity index (χ0) is 9.52. The summed E-state index contributed by atoms with van der Waals surface area (Å²) in [6.45, 7) is 6.29. The fraction of sp³-hybridized carbons (Fsp3) is 0.889. The van der Waals surface area contributed by atoms with Gasteiger partial charge in [0.1, 0.15) is 0 Å². The molecule has 1 rings (SSSR count). The van der Waals surface area contributed by atoms with Crippen LogP contribution < -0.4 is 5.32 Å². The van der Waals surface area contributed by atoms with E-state index in [2.05, 4.69) is 12.2 Å². The van der Waals surface area contributed by atoms with E-state index in [0.29, 0.717) is 6.61 Å². The molecular formula is C9H18N2O2. The molecule has 1 heterocycles. The van der Waals surface area contributed by atoms with Crippen LogP contribution in [0, 0.1) is 0 Å². The van der Waals surface area contributed by atoms with Crippen molar-refractivity contribution in [2.75, 3.05) is 32.8 Å². The van der Waals surface area contributed by atoms with Gasteiger partial charge >= 0.3 is 6.09 Å². The van der Waals surface area contributed by atoms with Crippen molar-refractivity contribution in [2.45, 2.75) is 19.8 Å². The van der Waals surface area contributed by atoms with Gasteiger partial charge in [-0.1, -0.05) is 6.92 Å². The fourth-order valence-electron chi connectivity index (χ4n) is 1.37. The molecule has 1 aliphatic rings. The average molecular weight is 186 g/mol. The van der Waals surface area contributed by atoms with Gasteiger partial charge in [-0.15, -0.1) is 0 Å².